The molecule has 0 amide bonds. The van der Waals surface area contributed by atoms with Gasteiger partial charge in [0.2, 0.25) is 0 Å². The number of carboxylic acids is 1. The zero-order valence-corrected chi connectivity index (χ0v) is 4.40. The van der Waals surface area contributed by atoms with E-state index in [1.165, 1.54) is 12.4 Å². The number of aromatic carboxylic acids is 1. The van der Waals surface area contributed by atoms with Gasteiger partial charge < -0.3 is 5.11 Å². The Kier molecular flexibility index (Phi) is 1.09. The first-order chi connectivity index (χ1) is 4.72. The van der Waals surface area contributed by atoms with E-state index in [9.17, 15) is 4.79 Å². The Morgan fingerprint density at radius 3 is 3.00 bits per heavy atom. The van der Waals surface area contributed by atoms with Crippen LogP contribution in [0.2, 0.25) is 0 Å². The third-order valence-corrected chi connectivity index (χ3v) is 0.718. The summed E-state index contributed by atoms with van der Waals surface area (Å²) in [5.74, 6) is -1.22. The number of nitrogens with zero attached hydrogens (tertiary/aromatic N) is 2. The molecule has 9 heavy (non-hydrogen) atoms. The third-order valence-electron chi connectivity index (χ3n) is 0.718. The summed E-state index contributed by atoms with van der Waals surface area (Å²) < 4.78 is 6.95. The van der Waals surface area contributed by atoms with Crippen LogP contribution in [0.15, 0.2) is 18.6 Å². The van der Waals surface area contributed by atoms with Crippen LogP contribution in [0.1, 0.15) is 11.9 Å². The molecule has 1 aromatic heterocycles. The summed E-state index contributed by atoms with van der Waals surface area (Å²) in [6.45, 7) is 0. The van der Waals surface area contributed by atoms with Crippen molar-refractivity contribution >= 4 is 5.97 Å². The lowest BCUT2D eigenvalue weighted by Crippen LogP contribution is -1.99. The maximum Gasteiger partial charge on any atom is 0.356 e. The lowest BCUT2D eigenvalue weighted by atomic mass is 10.5. The molecule has 1 aromatic rings. The Morgan fingerprint density at radius 2 is 2.56 bits per heavy atom. The van der Waals surface area contributed by atoms with Crippen molar-refractivity contribution in [2.45, 2.75) is 0 Å². The molecule has 1 N–H and O–H groups in total. The first-order valence-electron chi connectivity index (χ1n) is 2.72. The number of carboxylic acid groups (broad SMARTS) is 1. The Morgan fingerprint density at radius 1 is 1.78 bits per heavy atom. The highest BCUT2D eigenvalue weighted by molar-refractivity contribution is 5.84. The quantitative estimate of drug-likeness (QED) is 0.581. The van der Waals surface area contributed by atoms with Gasteiger partial charge in [-0.3, -0.25) is 4.98 Å². The Bertz CT molecular complexity index is 264. The van der Waals surface area contributed by atoms with E-state index in [1.54, 1.807) is 0 Å². The summed E-state index contributed by atoms with van der Waals surface area (Å²) in [7, 11) is 0. The van der Waals surface area contributed by atoms with Crippen molar-refractivity contribution in [3.05, 3.63) is 24.3 Å². The van der Waals surface area contributed by atoms with Gasteiger partial charge in [0.05, 0.1) is 7.54 Å². The highest BCUT2D eigenvalue weighted by Gasteiger charge is 2.00. The van der Waals surface area contributed by atoms with Crippen LogP contribution in [0.25, 0.3) is 0 Å². The topological polar surface area (TPSA) is 63.1 Å². The second kappa shape index (κ2) is 2.21. The standard InChI is InChI=1S/C5H4N2O2/c8-5(9)4-3-6-1-2-7-4/h1-3H,(H,8,9)/i3D. The van der Waals surface area contributed by atoms with Gasteiger partial charge in [-0.05, 0) is 0 Å². The first kappa shape index (κ1) is 4.43. The molecule has 0 atom stereocenters. The number of hydrogen-bond acceptors (Lipinski definition) is 3. The summed E-state index contributed by atoms with van der Waals surface area (Å²) in [5.41, 5.74) is -0.317. The maximum atomic E-state index is 10.2. The highest BCUT2D eigenvalue weighted by atomic mass is 16.4. The van der Waals surface area contributed by atoms with Gasteiger partial charge >= 0.3 is 5.97 Å². The van der Waals surface area contributed by atoms with Crippen LogP contribution in [0.4, 0.5) is 0 Å². The van der Waals surface area contributed by atoms with Crippen LogP contribution in [-0.4, -0.2) is 21.0 Å². The molecule has 4 nitrogen and oxygen atoms in total. The average Bonchev–Trinajstić information content (AvgIpc) is 1.88. The van der Waals surface area contributed by atoms with E-state index in [0.717, 1.165) is 0 Å². The largest absolute Gasteiger partial charge is 0.476 e. The fraction of sp³-hybridized carbons (Fsp3) is 0. The van der Waals surface area contributed by atoms with Crippen LogP contribution in [-0.2, 0) is 0 Å². The smallest absolute Gasteiger partial charge is 0.356 e. The van der Waals surface area contributed by atoms with Crippen LogP contribution < -0.4 is 0 Å². The molecule has 0 saturated carbocycles. The molecule has 0 fully saturated rings. The Labute approximate surface area is 52.6 Å². The monoisotopic (exact) mass is 125 g/mol. The molecule has 1 heterocycles. The molecule has 0 spiro atoms. The number of hydrogen-bond donors (Lipinski definition) is 1. The predicted octanol–water partition coefficient (Wildman–Crippen LogP) is 0.175. The minimum absolute atomic E-state index is 0.310. The minimum atomic E-state index is -1.22. The van der Waals surface area contributed by atoms with Gasteiger partial charge in [0.15, 0.2) is 5.69 Å². The minimum Gasteiger partial charge on any atom is -0.476 e. The molecular formula is C5H4N2O2. The van der Waals surface area contributed by atoms with Gasteiger partial charge in [0.1, 0.15) is 0 Å². The van der Waals surface area contributed by atoms with Crippen LogP contribution in [0.5, 0.6) is 0 Å². The molecule has 0 radical (unpaired) electrons. The molecule has 0 aliphatic rings. The average molecular weight is 125 g/mol. The van der Waals surface area contributed by atoms with Gasteiger partial charge in [0, 0.05) is 12.4 Å². The zero-order chi connectivity index (χ0) is 7.56. The van der Waals surface area contributed by atoms with Crippen molar-refractivity contribution in [3.8, 4) is 0 Å². The van der Waals surface area contributed by atoms with Crippen molar-refractivity contribution in [2.75, 3.05) is 0 Å². The second-order valence-corrected chi connectivity index (χ2v) is 1.32. The van der Waals surface area contributed by atoms with E-state index >= 15 is 0 Å². The summed E-state index contributed by atoms with van der Waals surface area (Å²) in [6, 6.07) is 0. The normalized spacial score (nSPS) is 10.4. The van der Waals surface area contributed by atoms with Crippen molar-refractivity contribution in [1.29, 1.82) is 0 Å². The molecule has 0 bridgehead atoms. The van der Waals surface area contributed by atoms with E-state index < -0.39 is 5.97 Å². The number of carbonyl (C=O) groups is 1. The lowest BCUT2D eigenvalue weighted by molar-refractivity contribution is 0.0690. The molecule has 0 saturated heterocycles. The molecular weight excluding hydrogens is 120 g/mol. The fourth-order valence-corrected chi connectivity index (χ4v) is 0.372. The fourth-order valence-electron chi connectivity index (χ4n) is 0.372. The number of aromatic nitrogens is 2. The van der Waals surface area contributed by atoms with Gasteiger partial charge in [-0.15, -0.1) is 0 Å². The predicted molar refractivity (Wildman–Crippen MR) is 29.0 cm³/mol. The van der Waals surface area contributed by atoms with E-state index in [0.29, 0.717) is 0 Å². The SMILES string of the molecule is [2H]c1nccnc1C(=O)O. The Hall–Kier alpha value is -1.45. The maximum absolute atomic E-state index is 10.2. The van der Waals surface area contributed by atoms with Crippen molar-refractivity contribution in [1.82, 2.24) is 9.97 Å². The molecule has 0 aliphatic heterocycles. The highest BCUT2D eigenvalue weighted by Crippen LogP contribution is 1.86. The van der Waals surface area contributed by atoms with Gasteiger partial charge in [-0.1, -0.05) is 0 Å². The van der Waals surface area contributed by atoms with Gasteiger partial charge in [-0.2, -0.15) is 0 Å². The molecule has 1 rings (SSSR count). The third kappa shape index (κ3) is 1.22. The van der Waals surface area contributed by atoms with Crippen molar-refractivity contribution in [2.24, 2.45) is 0 Å². The van der Waals surface area contributed by atoms with E-state index in [1.807, 2.05) is 0 Å². The summed E-state index contributed by atoms with van der Waals surface area (Å²) in [5, 5.41) is 8.34. The van der Waals surface area contributed by atoms with Crippen molar-refractivity contribution in [3.63, 3.8) is 0 Å². The summed E-state index contributed by atoms with van der Waals surface area (Å²) >= 11 is 0. The second-order valence-electron chi connectivity index (χ2n) is 1.32. The van der Waals surface area contributed by atoms with E-state index in [4.69, 9.17) is 6.48 Å². The van der Waals surface area contributed by atoms with E-state index in [2.05, 4.69) is 9.97 Å². The zero-order valence-electron chi connectivity index (χ0n) is 5.40. The number of rotatable bonds is 1. The Balaban J connectivity index is 3.15. The summed E-state index contributed by atoms with van der Waals surface area (Å²) in [6.07, 6.45) is 2.20. The molecule has 4 heteroatoms. The first-order valence-corrected chi connectivity index (χ1v) is 2.22. The van der Waals surface area contributed by atoms with Crippen LogP contribution in [0, 0.1) is 0 Å². The van der Waals surface area contributed by atoms with E-state index in [-0.39, 0.29) is 11.9 Å². The molecule has 0 aliphatic carbocycles. The molecule has 0 unspecified atom stereocenters. The summed E-state index contributed by atoms with van der Waals surface area (Å²) in [4.78, 5) is 17.1. The van der Waals surface area contributed by atoms with Crippen LogP contribution >= 0.6 is 0 Å². The van der Waals surface area contributed by atoms with Crippen LogP contribution in [0.3, 0.4) is 0 Å². The van der Waals surface area contributed by atoms with Gasteiger partial charge in [-0.25, -0.2) is 9.78 Å². The lowest BCUT2D eigenvalue weighted by Gasteiger charge is -1.86. The molecule has 0 aromatic carbocycles. The van der Waals surface area contributed by atoms with Gasteiger partial charge in [0.25, 0.3) is 0 Å². The molecule has 46 valence electrons. The van der Waals surface area contributed by atoms with Crippen molar-refractivity contribution < 1.29 is 11.3 Å².